The highest BCUT2D eigenvalue weighted by Crippen LogP contribution is 2.29. The third-order valence-electron chi connectivity index (χ3n) is 4.14. The molecular formula is C19H15N3O7. The van der Waals surface area contributed by atoms with Crippen molar-refractivity contribution < 1.29 is 28.8 Å². The summed E-state index contributed by atoms with van der Waals surface area (Å²) in [6.45, 7) is 0. The molecule has 148 valence electrons. The number of amides is 4. The number of nitro groups is 1. The fourth-order valence-corrected chi connectivity index (χ4v) is 2.72. The molecule has 0 unspecified atom stereocenters. The molecule has 2 aromatic carbocycles. The summed E-state index contributed by atoms with van der Waals surface area (Å²) >= 11 is 0. The van der Waals surface area contributed by atoms with E-state index in [1.165, 1.54) is 32.4 Å². The molecule has 1 saturated heterocycles. The lowest BCUT2D eigenvalue weighted by Crippen LogP contribution is -2.54. The minimum atomic E-state index is -0.946. The van der Waals surface area contributed by atoms with Crippen molar-refractivity contribution in [3.05, 3.63) is 63.7 Å². The molecule has 1 fully saturated rings. The minimum Gasteiger partial charge on any atom is -0.493 e. The third kappa shape index (κ3) is 3.76. The van der Waals surface area contributed by atoms with Gasteiger partial charge in [-0.15, -0.1) is 0 Å². The summed E-state index contributed by atoms with van der Waals surface area (Å²) in [6, 6.07) is 8.65. The van der Waals surface area contributed by atoms with Crippen LogP contribution in [0.25, 0.3) is 6.08 Å². The van der Waals surface area contributed by atoms with Crippen LogP contribution in [0.4, 0.5) is 16.2 Å². The zero-order valence-electron chi connectivity index (χ0n) is 15.4. The first kappa shape index (κ1) is 19.5. The van der Waals surface area contributed by atoms with E-state index in [0.29, 0.717) is 17.1 Å². The standard InChI is InChI=1S/C19H15N3O7/c1-28-15-8-3-11(10-16(15)29-2)9-14-17(23)20-19(25)21(18(14)24)12-4-6-13(7-5-12)22(26)27/h3-10H,1-2H3,(H,20,23,25)/b14-9-. The Bertz CT molecular complexity index is 1040. The average Bonchev–Trinajstić information content (AvgIpc) is 2.71. The van der Waals surface area contributed by atoms with E-state index in [9.17, 15) is 24.5 Å². The number of imide groups is 2. The van der Waals surface area contributed by atoms with Crippen molar-refractivity contribution in [2.24, 2.45) is 0 Å². The van der Waals surface area contributed by atoms with E-state index in [1.807, 2.05) is 0 Å². The number of urea groups is 1. The molecular weight excluding hydrogens is 382 g/mol. The van der Waals surface area contributed by atoms with E-state index in [-0.39, 0.29) is 16.9 Å². The van der Waals surface area contributed by atoms with E-state index >= 15 is 0 Å². The van der Waals surface area contributed by atoms with Gasteiger partial charge in [-0.1, -0.05) is 6.07 Å². The molecule has 10 heteroatoms. The predicted octanol–water partition coefficient (Wildman–Crippen LogP) is 2.28. The maximum absolute atomic E-state index is 12.8. The number of hydrogen-bond donors (Lipinski definition) is 1. The summed E-state index contributed by atoms with van der Waals surface area (Å²) in [6.07, 6.45) is 1.31. The Labute approximate surface area is 164 Å². The van der Waals surface area contributed by atoms with E-state index in [0.717, 1.165) is 17.0 Å². The fourth-order valence-electron chi connectivity index (χ4n) is 2.72. The molecule has 0 radical (unpaired) electrons. The van der Waals surface area contributed by atoms with E-state index in [1.54, 1.807) is 18.2 Å². The normalized spacial score (nSPS) is 15.3. The molecule has 0 aromatic heterocycles. The number of carbonyl (C=O) groups excluding carboxylic acids is 3. The highest BCUT2D eigenvalue weighted by atomic mass is 16.6. The Morgan fingerprint density at radius 3 is 2.24 bits per heavy atom. The number of anilines is 1. The second-order valence-corrected chi connectivity index (χ2v) is 5.85. The van der Waals surface area contributed by atoms with Gasteiger partial charge in [-0.05, 0) is 35.9 Å². The topological polar surface area (TPSA) is 128 Å². The van der Waals surface area contributed by atoms with Gasteiger partial charge in [-0.25, -0.2) is 9.69 Å². The molecule has 29 heavy (non-hydrogen) atoms. The fraction of sp³-hybridized carbons (Fsp3) is 0.105. The summed E-state index contributed by atoms with van der Waals surface area (Å²) in [4.78, 5) is 48.2. The number of rotatable bonds is 5. The molecule has 0 saturated carbocycles. The first-order chi connectivity index (χ1) is 13.8. The molecule has 1 heterocycles. The van der Waals surface area contributed by atoms with Gasteiger partial charge in [0.2, 0.25) is 0 Å². The van der Waals surface area contributed by atoms with Crippen LogP contribution in [0, 0.1) is 10.1 Å². The van der Waals surface area contributed by atoms with Crippen LogP contribution >= 0.6 is 0 Å². The summed E-state index contributed by atoms with van der Waals surface area (Å²) in [5, 5.41) is 12.9. The van der Waals surface area contributed by atoms with Crippen LogP contribution in [-0.2, 0) is 9.59 Å². The van der Waals surface area contributed by atoms with Gasteiger partial charge in [0, 0.05) is 12.1 Å². The predicted molar refractivity (Wildman–Crippen MR) is 102 cm³/mol. The smallest absolute Gasteiger partial charge is 0.335 e. The summed E-state index contributed by atoms with van der Waals surface area (Å²) in [5.41, 5.74) is 0.0777. The molecule has 0 atom stereocenters. The number of nitrogens with zero attached hydrogens (tertiary/aromatic N) is 2. The van der Waals surface area contributed by atoms with Crippen molar-refractivity contribution in [2.75, 3.05) is 19.1 Å². The molecule has 1 N–H and O–H groups in total. The minimum absolute atomic E-state index is 0.0869. The van der Waals surface area contributed by atoms with Crippen LogP contribution in [0.15, 0.2) is 48.0 Å². The monoisotopic (exact) mass is 397 g/mol. The highest BCUT2D eigenvalue weighted by Gasteiger charge is 2.37. The van der Waals surface area contributed by atoms with Crippen LogP contribution in [-0.4, -0.2) is 37.0 Å². The van der Waals surface area contributed by atoms with Crippen molar-refractivity contribution in [2.45, 2.75) is 0 Å². The molecule has 0 bridgehead atoms. The number of nitrogens with one attached hydrogen (secondary N) is 1. The SMILES string of the molecule is COc1ccc(/C=C2/C(=O)NC(=O)N(c3ccc([N+](=O)[O-])cc3)C2=O)cc1OC. The Morgan fingerprint density at radius 2 is 1.66 bits per heavy atom. The van der Waals surface area contributed by atoms with Crippen molar-refractivity contribution in [3.8, 4) is 11.5 Å². The van der Waals surface area contributed by atoms with Crippen LogP contribution in [0.1, 0.15) is 5.56 Å². The van der Waals surface area contributed by atoms with E-state index in [2.05, 4.69) is 5.32 Å². The Morgan fingerprint density at radius 1 is 1.00 bits per heavy atom. The number of barbiturate groups is 1. The number of non-ortho nitro benzene ring substituents is 1. The van der Waals surface area contributed by atoms with Crippen LogP contribution in [0.2, 0.25) is 0 Å². The van der Waals surface area contributed by atoms with Crippen molar-refractivity contribution in [1.82, 2.24) is 5.32 Å². The summed E-state index contributed by atoms with van der Waals surface area (Å²) < 4.78 is 10.3. The zero-order valence-corrected chi connectivity index (χ0v) is 15.4. The molecule has 10 nitrogen and oxygen atoms in total. The molecule has 1 aliphatic heterocycles. The maximum atomic E-state index is 12.8. The second-order valence-electron chi connectivity index (χ2n) is 5.85. The zero-order chi connectivity index (χ0) is 21.1. The first-order valence-corrected chi connectivity index (χ1v) is 8.23. The molecule has 1 aliphatic rings. The van der Waals surface area contributed by atoms with Gasteiger partial charge in [-0.2, -0.15) is 0 Å². The van der Waals surface area contributed by atoms with Crippen LogP contribution in [0.3, 0.4) is 0 Å². The Kier molecular flexibility index (Phi) is 5.26. The summed E-state index contributed by atoms with van der Waals surface area (Å²) in [5.74, 6) is -0.846. The van der Waals surface area contributed by atoms with Gasteiger partial charge < -0.3 is 9.47 Å². The van der Waals surface area contributed by atoms with E-state index in [4.69, 9.17) is 9.47 Å². The van der Waals surface area contributed by atoms with Gasteiger partial charge in [0.05, 0.1) is 24.8 Å². The van der Waals surface area contributed by atoms with E-state index < -0.39 is 22.8 Å². The quantitative estimate of drug-likeness (QED) is 0.355. The number of hydrogen-bond acceptors (Lipinski definition) is 7. The lowest BCUT2D eigenvalue weighted by molar-refractivity contribution is -0.384. The number of methoxy groups -OCH3 is 2. The lowest BCUT2D eigenvalue weighted by Gasteiger charge is -2.26. The van der Waals surface area contributed by atoms with Gasteiger partial charge in [0.15, 0.2) is 11.5 Å². The second kappa shape index (κ2) is 7.80. The number of benzene rings is 2. The maximum Gasteiger partial charge on any atom is 0.335 e. The summed E-state index contributed by atoms with van der Waals surface area (Å²) in [7, 11) is 2.92. The van der Waals surface area contributed by atoms with Crippen molar-refractivity contribution >= 4 is 35.3 Å². The van der Waals surface area contributed by atoms with Gasteiger partial charge in [0.1, 0.15) is 5.57 Å². The highest BCUT2D eigenvalue weighted by molar-refractivity contribution is 6.39. The lowest BCUT2D eigenvalue weighted by atomic mass is 10.1. The average molecular weight is 397 g/mol. The van der Waals surface area contributed by atoms with Crippen LogP contribution < -0.4 is 19.7 Å². The molecule has 2 aromatic rings. The first-order valence-electron chi connectivity index (χ1n) is 8.23. The molecule has 3 rings (SSSR count). The number of ether oxygens (including phenoxy) is 2. The number of nitro benzene ring substituents is 1. The third-order valence-corrected chi connectivity index (χ3v) is 4.14. The molecule has 0 aliphatic carbocycles. The Hall–Kier alpha value is -4.21. The largest absolute Gasteiger partial charge is 0.493 e. The Balaban J connectivity index is 1.98. The number of carbonyl (C=O) groups is 3. The van der Waals surface area contributed by atoms with Gasteiger partial charge in [-0.3, -0.25) is 25.0 Å². The van der Waals surface area contributed by atoms with Crippen molar-refractivity contribution in [1.29, 1.82) is 0 Å². The van der Waals surface area contributed by atoms with Crippen LogP contribution in [0.5, 0.6) is 11.5 Å². The molecule has 4 amide bonds. The van der Waals surface area contributed by atoms with Crippen molar-refractivity contribution in [3.63, 3.8) is 0 Å². The van der Waals surface area contributed by atoms with Gasteiger partial charge >= 0.3 is 6.03 Å². The van der Waals surface area contributed by atoms with Gasteiger partial charge in [0.25, 0.3) is 17.5 Å². The molecule has 0 spiro atoms.